The zero-order valence-corrected chi connectivity index (χ0v) is 12.6. The Morgan fingerprint density at radius 2 is 1.90 bits per heavy atom. The van der Waals surface area contributed by atoms with Crippen LogP contribution in [0.2, 0.25) is 0 Å². The Bertz CT molecular complexity index is 616. The van der Waals surface area contributed by atoms with E-state index in [-0.39, 0.29) is 4.90 Å². The van der Waals surface area contributed by atoms with Crippen molar-refractivity contribution in [1.82, 2.24) is 4.31 Å². The number of carboxylic acids is 1. The molecular weight excluding hydrogens is 278 g/mol. The van der Waals surface area contributed by atoms with Gasteiger partial charge in [0.25, 0.3) is 0 Å². The van der Waals surface area contributed by atoms with E-state index in [1.807, 2.05) is 0 Å². The summed E-state index contributed by atoms with van der Waals surface area (Å²) in [5.74, 6) is -1.04. The van der Waals surface area contributed by atoms with E-state index < -0.39 is 16.0 Å². The van der Waals surface area contributed by atoms with Crippen LogP contribution in [0.25, 0.3) is 6.08 Å². The molecule has 0 saturated carbocycles. The zero-order valence-electron chi connectivity index (χ0n) is 11.8. The van der Waals surface area contributed by atoms with Gasteiger partial charge in [0.1, 0.15) is 0 Å². The first-order valence-electron chi connectivity index (χ1n) is 6.34. The molecule has 0 bridgehead atoms. The van der Waals surface area contributed by atoms with E-state index in [1.165, 1.54) is 16.4 Å². The van der Waals surface area contributed by atoms with Crippen LogP contribution in [0.3, 0.4) is 0 Å². The van der Waals surface area contributed by atoms with Crippen LogP contribution in [0.5, 0.6) is 0 Å². The lowest BCUT2D eigenvalue weighted by molar-refractivity contribution is -0.131. The van der Waals surface area contributed by atoms with Crippen LogP contribution in [0.15, 0.2) is 29.2 Å². The van der Waals surface area contributed by atoms with Crippen molar-refractivity contribution in [2.24, 2.45) is 0 Å². The molecule has 5 nitrogen and oxygen atoms in total. The van der Waals surface area contributed by atoms with Gasteiger partial charge in [0.2, 0.25) is 10.0 Å². The van der Waals surface area contributed by atoms with Gasteiger partial charge in [-0.1, -0.05) is 19.9 Å². The summed E-state index contributed by atoms with van der Waals surface area (Å²) < 4.78 is 26.1. The summed E-state index contributed by atoms with van der Waals surface area (Å²) in [6.07, 6.45) is 2.48. The third kappa shape index (κ3) is 3.68. The van der Waals surface area contributed by atoms with Crippen LogP contribution in [-0.4, -0.2) is 36.9 Å². The fraction of sp³-hybridized carbons (Fsp3) is 0.357. The Labute approximate surface area is 119 Å². The average molecular weight is 297 g/mol. The minimum absolute atomic E-state index is 0.228. The van der Waals surface area contributed by atoms with Crippen molar-refractivity contribution in [2.45, 2.75) is 25.7 Å². The van der Waals surface area contributed by atoms with Crippen molar-refractivity contribution in [3.63, 3.8) is 0 Å². The van der Waals surface area contributed by atoms with Gasteiger partial charge in [-0.05, 0) is 36.3 Å². The first-order chi connectivity index (χ1) is 9.32. The van der Waals surface area contributed by atoms with Crippen LogP contribution in [0.4, 0.5) is 0 Å². The van der Waals surface area contributed by atoms with E-state index in [0.29, 0.717) is 18.7 Å². The van der Waals surface area contributed by atoms with E-state index in [4.69, 9.17) is 5.11 Å². The number of benzene rings is 1. The van der Waals surface area contributed by atoms with E-state index in [0.717, 1.165) is 11.6 Å². The van der Waals surface area contributed by atoms with Gasteiger partial charge in [0, 0.05) is 19.2 Å². The second-order valence-electron chi connectivity index (χ2n) is 4.28. The van der Waals surface area contributed by atoms with Crippen molar-refractivity contribution in [1.29, 1.82) is 0 Å². The highest BCUT2D eigenvalue weighted by atomic mass is 32.2. The number of sulfonamides is 1. The summed E-state index contributed by atoms with van der Waals surface area (Å²) in [7, 11) is -3.48. The molecule has 20 heavy (non-hydrogen) atoms. The molecular formula is C14H19NO4S. The molecule has 0 aliphatic heterocycles. The molecule has 0 amide bonds. The summed E-state index contributed by atoms with van der Waals surface area (Å²) in [5, 5.41) is 8.60. The maximum atomic E-state index is 12.3. The zero-order chi connectivity index (χ0) is 15.3. The Morgan fingerprint density at radius 1 is 1.30 bits per heavy atom. The second kappa shape index (κ2) is 6.67. The number of hydrogen-bond donors (Lipinski definition) is 1. The van der Waals surface area contributed by atoms with Crippen LogP contribution in [0.1, 0.15) is 25.0 Å². The first kappa shape index (κ1) is 16.4. The van der Waals surface area contributed by atoms with Crippen molar-refractivity contribution in [3.05, 3.63) is 35.4 Å². The quantitative estimate of drug-likeness (QED) is 0.816. The fourth-order valence-electron chi connectivity index (χ4n) is 1.87. The van der Waals surface area contributed by atoms with Crippen LogP contribution in [0, 0.1) is 6.92 Å². The highest BCUT2D eigenvalue weighted by Crippen LogP contribution is 2.20. The third-order valence-electron chi connectivity index (χ3n) is 2.99. The van der Waals surface area contributed by atoms with Gasteiger partial charge in [0.05, 0.1) is 4.90 Å². The predicted octanol–water partition coefficient (Wildman–Crippen LogP) is 2.12. The maximum absolute atomic E-state index is 12.3. The molecule has 0 spiro atoms. The number of nitrogens with zero attached hydrogens (tertiary/aromatic N) is 1. The summed E-state index contributed by atoms with van der Waals surface area (Å²) in [5.41, 5.74) is 1.40. The van der Waals surface area contributed by atoms with Crippen molar-refractivity contribution >= 4 is 22.1 Å². The van der Waals surface area contributed by atoms with E-state index >= 15 is 0 Å². The van der Waals surface area contributed by atoms with Crippen LogP contribution < -0.4 is 0 Å². The average Bonchev–Trinajstić information content (AvgIpc) is 2.38. The molecule has 0 aliphatic carbocycles. The molecule has 1 aromatic carbocycles. The van der Waals surface area contributed by atoms with Gasteiger partial charge in [-0.25, -0.2) is 13.2 Å². The Morgan fingerprint density at radius 3 is 2.35 bits per heavy atom. The summed E-state index contributed by atoms with van der Waals surface area (Å²) in [6, 6.07) is 4.68. The third-order valence-corrected chi connectivity index (χ3v) is 5.04. The van der Waals surface area contributed by atoms with Crippen molar-refractivity contribution in [2.75, 3.05) is 13.1 Å². The minimum atomic E-state index is -3.48. The van der Waals surface area contributed by atoms with Gasteiger partial charge in [-0.2, -0.15) is 4.31 Å². The molecule has 0 aliphatic rings. The largest absolute Gasteiger partial charge is 0.478 e. The molecule has 0 fully saturated rings. The van der Waals surface area contributed by atoms with Gasteiger partial charge < -0.3 is 5.11 Å². The van der Waals surface area contributed by atoms with Crippen LogP contribution in [-0.2, 0) is 14.8 Å². The molecule has 0 radical (unpaired) electrons. The molecule has 110 valence electrons. The predicted molar refractivity (Wildman–Crippen MR) is 78.0 cm³/mol. The number of rotatable bonds is 6. The molecule has 0 heterocycles. The maximum Gasteiger partial charge on any atom is 0.328 e. The lowest BCUT2D eigenvalue weighted by atomic mass is 10.1. The molecule has 0 atom stereocenters. The topological polar surface area (TPSA) is 74.7 Å². The highest BCUT2D eigenvalue weighted by molar-refractivity contribution is 7.89. The van der Waals surface area contributed by atoms with E-state index in [2.05, 4.69) is 0 Å². The van der Waals surface area contributed by atoms with Gasteiger partial charge in [0.15, 0.2) is 0 Å². The van der Waals surface area contributed by atoms with Crippen molar-refractivity contribution < 1.29 is 18.3 Å². The molecule has 0 saturated heterocycles. The smallest absolute Gasteiger partial charge is 0.328 e. The second-order valence-corrected chi connectivity index (χ2v) is 6.22. The molecule has 0 aromatic heterocycles. The highest BCUT2D eigenvalue weighted by Gasteiger charge is 2.21. The number of aryl methyl sites for hydroxylation is 1. The van der Waals surface area contributed by atoms with Gasteiger partial charge in [-0.15, -0.1) is 0 Å². The number of aliphatic carboxylic acids is 1. The molecule has 1 aromatic rings. The van der Waals surface area contributed by atoms with E-state index in [1.54, 1.807) is 32.9 Å². The van der Waals surface area contributed by atoms with Crippen LogP contribution >= 0.6 is 0 Å². The molecule has 1 rings (SSSR count). The Hall–Kier alpha value is -1.66. The Kier molecular flexibility index (Phi) is 5.47. The summed E-state index contributed by atoms with van der Waals surface area (Å²) in [4.78, 5) is 10.7. The lowest BCUT2D eigenvalue weighted by Gasteiger charge is -2.19. The lowest BCUT2D eigenvalue weighted by Crippen LogP contribution is -2.30. The standard InChI is InChI=1S/C14H19NO4S/c1-4-15(5-2)20(18,19)13-8-6-12(11(3)10-13)7-9-14(16)17/h6-10H,4-5H2,1-3H3,(H,16,17). The first-order valence-corrected chi connectivity index (χ1v) is 7.78. The number of carboxylic acid groups (broad SMARTS) is 1. The number of hydrogen-bond acceptors (Lipinski definition) is 3. The summed E-state index contributed by atoms with van der Waals surface area (Å²) >= 11 is 0. The minimum Gasteiger partial charge on any atom is -0.478 e. The monoisotopic (exact) mass is 297 g/mol. The molecule has 6 heteroatoms. The van der Waals surface area contributed by atoms with E-state index in [9.17, 15) is 13.2 Å². The van der Waals surface area contributed by atoms with Crippen molar-refractivity contribution in [3.8, 4) is 0 Å². The Balaban J connectivity index is 3.18. The molecule has 1 N–H and O–H groups in total. The fourth-order valence-corrected chi connectivity index (χ4v) is 3.41. The number of carbonyl (C=O) groups is 1. The van der Waals surface area contributed by atoms with Gasteiger partial charge >= 0.3 is 5.97 Å². The SMILES string of the molecule is CCN(CC)S(=O)(=O)c1ccc(C=CC(=O)O)c(C)c1. The van der Waals surface area contributed by atoms with Gasteiger partial charge in [-0.3, -0.25) is 0 Å². The summed E-state index contributed by atoms with van der Waals surface area (Å²) in [6.45, 7) is 6.16. The normalized spacial score (nSPS) is 12.2. The molecule has 0 unspecified atom stereocenters.